The summed E-state index contributed by atoms with van der Waals surface area (Å²) in [5, 5.41) is 8.98. The van der Waals surface area contributed by atoms with Gasteiger partial charge in [-0.25, -0.2) is 9.78 Å². The lowest BCUT2D eigenvalue weighted by Gasteiger charge is -1.88. The first kappa shape index (κ1) is 12.3. The number of halogens is 1. The fourth-order valence-corrected chi connectivity index (χ4v) is 2.89. The maximum Gasteiger partial charge on any atom is 0.373 e. The van der Waals surface area contributed by atoms with Crippen molar-refractivity contribution in [1.29, 1.82) is 0 Å². The minimum absolute atomic E-state index is 0.0651. The fraction of sp³-hybridized carbons (Fsp3) is 0.273. The molecule has 0 unspecified atom stereocenters. The molecule has 0 saturated carbocycles. The Bertz CT molecular complexity index is 554. The van der Waals surface area contributed by atoms with Crippen LogP contribution in [0.3, 0.4) is 0 Å². The normalized spacial score (nSPS) is 10.8. The molecule has 0 aliphatic carbocycles. The largest absolute Gasteiger partial charge is 0.475 e. The number of aryl methyl sites for hydroxylation is 2. The minimum Gasteiger partial charge on any atom is -0.475 e. The van der Waals surface area contributed by atoms with E-state index >= 15 is 0 Å². The lowest BCUT2D eigenvalue weighted by molar-refractivity contribution is 0.0662. The van der Waals surface area contributed by atoms with E-state index in [0.717, 1.165) is 14.2 Å². The second kappa shape index (κ2) is 4.62. The third-order valence-corrected chi connectivity index (χ3v) is 4.42. The van der Waals surface area contributed by atoms with E-state index in [4.69, 9.17) is 9.52 Å². The maximum atomic E-state index is 11.0. The van der Waals surface area contributed by atoms with Gasteiger partial charge in [0.25, 0.3) is 0 Å². The Morgan fingerprint density at radius 1 is 1.65 bits per heavy atom. The Morgan fingerprint density at radius 2 is 2.35 bits per heavy atom. The molecule has 0 amide bonds. The highest BCUT2D eigenvalue weighted by atomic mass is 79.9. The van der Waals surface area contributed by atoms with Crippen LogP contribution < -0.4 is 0 Å². The third-order valence-electron chi connectivity index (χ3n) is 2.29. The number of rotatable bonds is 3. The molecule has 1 N–H and O–H groups in total. The van der Waals surface area contributed by atoms with Gasteiger partial charge >= 0.3 is 5.97 Å². The van der Waals surface area contributed by atoms with E-state index in [1.165, 1.54) is 11.3 Å². The Hall–Kier alpha value is -1.14. The van der Waals surface area contributed by atoms with Crippen molar-refractivity contribution >= 4 is 33.2 Å². The number of thiophene rings is 1. The summed E-state index contributed by atoms with van der Waals surface area (Å²) < 4.78 is 6.30. The van der Waals surface area contributed by atoms with Crippen LogP contribution in [-0.4, -0.2) is 16.1 Å². The number of hydrogen-bond donors (Lipinski definition) is 1. The maximum absolute atomic E-state index is 11.0. The highest BCUT2D eigenvalue weighted by Crippen LogP contribution is 2.35. The van der Waals surface area contributed by atoms with E-state index in [2.05, 4.69) is 20.9 Å². The summed E-state index contributed by atoms with van der Waals surface area (Å²) in [5.74, 6) is -0.768. The highest BCUT2D eigenvalue weighted by molar-refractivity contribution is 9.11. The molecule has 2 heterocycles. The van der Waals surface area contributed by atoms with Gasteiger partial charge in [0.15, 0.2) is 0 Å². The first-order valence-electron chi connectivity index (χ1n) is 5.02. The molecule has 0 fully saturated rings. The molecule has 0 aliphatic rings. The summed E-state index contributed by atoms with van der Waals surface area (Å²) in [7, 11) is 0. The Morgan fingerprint density at radius 3 is 2.76 bits per heavy atom. The smallest absolute Gasteiger partial charge is 0.373 e. The standard InChI is InChI=1S/C11H10BrNO3S/c1-3-6-8(11(14)15)16-10(13-6)7-4-5(2)9(12)17-7/h4H,3H2,1-2H3,(H,14,15). The van der Waals surface area contributed by atoms with Gasteiger partial charge in [0, 0.05) is 0 Å². The van der Waals surface area contributed by atoms with Crippen molar-refractivity contribution in [1.82, 2.24) is 4.98 Å². The Kier molecular flexibility index (Phi) is 3.35. The van der Waals surface area contributed by atoms with Crippen molar-refractivity contribution in [2.75, 3.05) is 0 Å². The quantitative estimate of drug-likeness (QED) is 0.937. The zero-order chi connectivity index (χ0) is 12.6. The monoisotopic (exact) mass is 315 g/mol. The summed E-state index contributed by atoms with van der Waals surface area (Å²) >= 11 is 4.90. The number of oxazole rings is 1. The zero-order valence-electron chi connectivity index (χ0n) is 9.28. The van der Waals surface area contributed by atoms with Crippen LogP contribution in [0.15, 0.2) is 14.3 Å². The lowest BCUT2D eigenvalue weighted by atomic mass is 10.3. The Balaban J connectivity index is 2.49. The molecule has 0 saturated heterocycles. The van der Waals surface area contributed by atoms with Crippen molar-refractivity contribution in [3.63, 3.8) is 0 Å². The average Bonchev–Trinajstić information content (AvgIpc) is 2.83. The molecular weight excluding hydrogens is 306 g/mol. The molecule has 17 heavy (non-hydrogen) atoms. The van der Waals surface area contributed by atoms with Gasteiger partial charge < -0.3 is 9.52 Å². The highest BCUT2D eigenvalue weighted by Gasteiger charge is 2.20. The van der Waals surface area contributed by atoms with Crippen LogP contribution in [0.25, 0.3) is 10.8 Å². The SMILES string of the molecule is CCc1nc(-c2cc(C)c(Br)s2)oc1C(=O)O. The van der Waals surface area contributed by atoms with Crippen molar-refractivity contribution < 1.29 is 14.3 Å². The van der Waals surface area contributed by atoms with Crippen molar-refractivity contribution in [3.8, 4) is 10.8 Å². The van der Waals surface area contributed by atoms with E-state index in [-0.39, 0.29) is 5.76 Å². The molecule has 0 bridgehead atoms. The van der Waals surface area contributed by atoms with E-state index in [0.29, 0.717) is 18.0 Å². The van der Waals surface area contributed by atoms with Crippen molar-refractivity contribution in [2.45, 2.75) is 20.3 Å². The van der Waals surface area contributed by atoms with Gasteiger partial charge in [-0.2, -0.15) is 0 Å². The molecule has 90 valence electrons. The van der Waals surface area contributed by atoms with Gasteiger partial charge in [-0.3, -0.25) is 0 Å². The molecule has 0 spiro atoms. The van der Waals surface area contributed by atoms with Gasteiger partial charge in [-0.15, -0.1) is 11.3 Å². The molecule has 0 radical (unpaired) electrons. The van der Waals surface area contributed by atoms with Crippen molar-refractivity contribution in [3.05, 3.63) is 26.9 Å². The van der Waals surface area contributed by atoms with Crippen LogP contribution in [-0.2, 0) is 6.42 Å². The molecule has 0 atom stereocenters. The molecule has 6 heteroatoms. The van der Waals surface area contributed by atoms with E-state index < -0.39 is 5.97 Å². The number of nitrogens with zero attached hydrogens (tertiary/aromatic N) is 1. The summed E-state index contributed by atoms with van der Waals surface area (Å²) in [5.41, 5.74) is 1.56. The average molecular weight is 316 g/mol. The van der Waals surface area contributed by atoms with Crippen LogP contribution in [0.5, 0.6) is 0 Å². The predicted molar refractivity (Wildman–Crippen MR) is 68.6 cm³/mol. The molecule has 2 rings (SSSR count). The molecule has 2 aromatic heterocycles. The van der Waals surface area contributed by atoms with Gasteiger partial charge in [0.05, 0.1) is 14.4 Å². The van der Waals surface area contributed by atoms with Gasteiger partial charge in [0.1, 0.15) is 0 Å². The summed E-state index contributed by atoms with van der Waals surface area (Å²) in [6, 6.07) is 1.92. The van der Waals surface area contributed by atoms with Crippen LogP contribution in [0.4, 0.5) is 0 Å². The van der Waals surface area contributed by atoms with Gasteiger partial charge in [-0.05, 0) is 40.9 Å². The van der Waals surface area contributed by atoms with E-state index in [9.17, 15) is 4.79 Å². The van der Waals surface area contributed by atoms with Crippen molar-refractivity contribution in [2.24, 2.45) is 0 Å². The molecule has 0 aromatic carbocycles. The second-order valence-electron chi connectivity index (χ2n) is 3.52. The van der Waals surface area contributed by atoms with E-state index in [1.54, 1.807) is 0 Å². The number of hydrogen-bond acceptors (Lipinski definition) is 4. The topological polar surface area (TPSA) is 63.3 Å². The Labute approximate surface area is 110 Å². The molecule has 2 aromatic rings. The fourth-order valence-electron chi connectivity index (χ4n) is 1.43. The number of carboxylic acids is 1. The molecule has 4 nitrogen and oxygen atoms in total. The van der Waals surface area contributed by atoms with Gasteiger partial charge in [0.2, 0.25) is 11.7 Å². The first-order chi connectivity index (χ1) is 8.02. The van der Waals surface area contributed by atoms with Crippen LogP contribution in [0.2, 0.25) is 0 Å². The summed E-state index contributed by atoms with van der Waals surface area (Å²) in [4.78, 5) is 16.0. The number of aromatic carboxylic acids is 1. The first-order valence-corrected chi connectivity index (χ1v) is 6.63. The number of carboxylic acid groups (broad SMARTS) is 1. The summed E-state index contributed by atoms with van der Waals surface area (Å²) in [6.45, 7) is 3.82. The third kappa shape index (κ3) is 2.28. The predicted octanol–water partition coefficient (Wildman–Crippen LogP) is 3.73. The van der Waals surface area contributed by atoms with Crippen LogP contribution in [0.1, 0.15) is 28.7 Å². The van der Waals surface area contributed by atoms with Crippen LogP contribution in [0, 0.1) is 6.92 Å². The zero-order valence-corrected chi connectivity index (χ0v) is 11.7. The minimum atomic E-state index is -1.08. The second-order valence-corrected chi connectivity index (χ2v) is 5.89. The molecule has 0 aliphatic heterocycles. The lowest BCUT2D eigenvalue weighted by Crippen LogP contribution is -1.98. The van der Waals surface area contributed by atoms with Gasteiger partial charge in [-0.1, -0.05) is 6.92 Å². The van der Waals surface area contributed by atoms with Crippen LogP contribution >= 0.6 is 27.3 Å². The van der Waals surface area contributed by atoms with E-state index in [1.807, 2.05) is 19.9 Å². The number of carbonyl (C=O) groups is 1. The number of aromatic nitrogens is 1. The summed E-state index contributed by atoms with van der Waals surface area (Å²) in [6.07, 6.45) is 0.538. The molecular formula is C11H10BrNO3S.